The van der Waals surface area contributed by atoms with Crippen LogP contribution in [0.25, 0.3) is 0 Å². The average molecular weight is 240 g/mol. The zero-order valence-corrected chi connectivity index (χ0v) is 10.3. The number of nitrogens with zero attached hydrogens (tertiary/aromatic N) is 2. The highest BCUT2D eigenvalue weighted by molar-refractivity contribution is 5.80. The number of ketones is 1. The van der Waals surface area contributed by atoms with Crippen molar-refractivity contribution in [2.45, 2.75) is 44.3 Å². The lowest BCUT2D eigenvalue weighted by molar-refractivity contribution is -0.123. The van der Waals surface area contributed by atoms with Crippen molar-refractivity contribution in [2.75, 3.05) is 0 Å². The Hall–Kier alpha value is -1.66. The fourth-order valence-electron chi connectivity index (χ4n) is 3.22. The summed E-state index contributed by atoms with van der Waals surface area (Å²) in [5.41, 5.74) is 1.94. The minimum atomic E-state index is 0.429. The predicted molar refractivity (Wildman–Crippen MR) is 67.8 cm³/mol. The summed E-state index contributed by atoms with van der Waals surface area (Å²) in [5.74, 6) is 0.429. The van der Waals surface area contributed by atoms with E-state index in [0.717, 1.165) is 32.2 Å². The summed E-state index contributed by atoms with van der Waals surface area (Å²) < 4.78 is 0. The van der Waals surface area contributed by atoms with Crippen LogP contribution in [0.2, 0.25) is 0 Å². The Balaban J connectivity index is 1.73. The highest BCUT2D eigenvalue weighted by atomic mass is 16.1. The molecule has 0 radical (unpaired) electrons. The van der Waals surface area contributed by atoms with E-state index in [4.69, 9.17) is 5.26 Å². The van der Waals surface area contributed by atoms with Gasteiger partial charge in [-0.1, -0.05) is 12.1 Å². The van der Waals surface area contributed by atoms with Crippen LogP contribution < -0.4 is 0 Å². The average Bonchev–Trinajstić information content (AvgIpc) is 2.62. The molecule has 92 valence electrons. The number of Topliss-reactive ketones (excluding diaryl/α,β-unsaturated/α-hetero) is 1. The van der Waals surface area contributed by atoms with Gasteiger partial charge in [-0.25, -0.2) is 0 Å². The Labute approximate surface area is 107 Å². The number of carbonyl (C=O) groups is 1. The Kier molecular flexibility index (Phi) is 2.89. The largest absolute Gasteiger partial charge is 0.300 e. The highest BCUT2D eigenvalue weighted by Crippen LogP contribution is 2.35. The summed E-state index contributed by atoms with van der Waals surface area (Å²) >= 11 is 0. The van der Waals surface area contributed by atoms with Crippen molar-refractivity contribution in [1.82, 2.24) is 4.90 Å². The number of carbonyl (C=O) groups excluding carboxylic acids is 1. The van der Waals surface area contributed by atoms with Crippen LogP contribution in [0.15, 0.2) is 24.3 Å². The van der Waals surface area contributed by atoms with Crippen molar-refractivity contribution in [2.24, 2.45) is 0 Å². The molecule has 2 saturated heterocycles. The molecule has 2 aliphatic rings. The second kappa shape index (κ2) is 4.55. The fraction of sp³-hybridized carbons (Fsp3) is 0.467. The van der Waals surface area contributed by atoms with Crippen LogP contribution in [0.5, 0.6) is 0 Å². The van der Waals surface area contributed by atoms with Gasteiger partial charge in [0, 0.05) is 31.5 Å². The summed E-state index contributed by atoms with van der Waals surface area (Å²) in [6, 6.07) is 10.8. The van der Waals surface area contributed by atoms with E-state index in [1.165, 1.54) is 5.56 Å². The molecule has 0 aliphatic carbocycles. The smallest absolute Gasteiger partial charge is 0.136 e. The molecule has 3 nitrogen and oxygen atoms in total. The molecule has 2 bridgehead atoms. The summed E-state index contributed by atoms with van der Waals surface area (Å²) in [6.45, 7) is 0.911. The Bertz CT molecular complexity index is 484. The van der Waals surface area contributed by atoms with E-state index in [9.17, 15) is 4.79 Å². The van der Waals surface area contributed by atoms with Crippen molar-refractivity contribution in [3.8, 4) is 6.07 Å². The van der Waals surface area contributed by atoms with Gasteiger partial charge in [-0.05, 0) is 30.5 Å². The molecular weight excluding hydrogens is 224 g/mol. The topological polar surface area (TPSA) is 44.1 Å². The van der Waals surface area contributed by atoms with Crippen LogP contribution in [0.1, 0.15) is 36.8 Å². The predicted octanol–water partition coefficient (Wildman–Crippen LogP) is 2.25. The molecule has 0 spiro atoms. The third-order valence-corrected chi connectivity index (χ3v) is 4.15. The van der Waals surface area contributed by atoms with Crippen molar-refractivity contribution >= 4 is 5.78 Å². The molecule has 0 N–H and O–H groups in total. The van der Waals surface area contributed by atoms with Crippen LogP contribution in [0, 0.1) is 11.3 Å². The monoisotopic (exact) mass is 240 g/mol. The molecule has 2 unspecified atom stereocenters. The number of piperidine rings is 1. The molecule has 3 heteroatoms. The number of fused-ring (bicyclic) bond motifs is 2. The van der Waals surface area contributed by atoms with Gasteiger partial charge in [-0.3, -0.25) is 9.69 Å². The van der Waals surface area contributed by atoms with Crippen molar-refractivity contribution in [1.29, 1.82) is 5.26 Å². The normalized spacial score (nSPS) is 27.2. The quantitative estimate of drug-likeness (QED) is 0.796. The van der Waals surface area contributed by atoms with Gasteiger partial charge in [0.25, 0.3) is 0 Å². The van der Waals surface area contributed by atoms with E-state index in [2.05, 4.69) is 11.0 Å². The summed E-state index contributed by atoms with van der Waals surface area (Å²) in [6.07, 6.45) is 3.78. The van der Waals surface area contributed by atoms with Crippen molar-refractivity contribution in [3.05, 3.63) is 35.4 Å². The number of hydrogen-bond donors (Lipinski definition) is 0. The Morgan fingerprint density at radius 3 is 2.33 bits per heavy atom. The first-order valence-corrected chi connectivity index (χ1v) is 6.53. The van der Waals surface area contributed by atoms with Crippen LogP contribution in [-0.4, -0.2) is 22.8 Å². The minimum Gasteiger partial charge on any atom is -0.300 e. The first-order chi connectivity index (χ1) is 8.76. The molecule has 18 heavy (non-hydrogen) atoms. The van der Waals surface area contributed by atoms with Gasteiger partial charge in [-0.15, -0.1) is 0 Å². The van der Waals surface area contributed by atoms with Gasteiger partial charge < -0.3 is 0 Å². The SMILES string of the molecule is N#Cc1ccc(CN2C3CCC2CC(=O)C3)cc1. The van der Waals surface area contributed by atoms with Gasteiger partial charge in [-0.2, -0.15) is 5.26 Å². The molecule has 0 saturated carbocycles. The van der Waals surface area contributed by atoms with Gasteiger partial charge in [0.05, 0.1) is 11.6 Å². The van der Waals surface area contributed by atoms with E-state index < -0.39 is 0 Å². The maximum atomic E-state index is 11.5. The molecule has 2 aliphatic heterocycles. The van der Waals surface area contributed by atoms with E-state index in [0.29, 0.717) is 23.4 Å². The van der Waals surface area contributed by atoms with Crippen molar-refractivity contribution in [3.63, 3.8) is 0 Å². The molecule has 0 aromatic heterocycles. The molecule has 0 amide bonds. The molecule has 2 atom stereocenters. The lowest BCUT2D eigenvalue weighted by atomic mass is 10.0. The van der Waals surface area contributed by atoms with Crippen LogP contribution >= 0.6 is 0 Å². The van der Waals surface area contributed by atoms with Crippen molar-refractivity contribution < 1.29 is 4.79 Å². The van der Waals surface area contributed by atoms with Crippen LogP contribution in [0.4, 0.5) is 0 Å². The molecule has 3 rings (SSSR count). The minimum absolute atomic E-state index is 0.429. The molecule has 1 aromatic carbocycles. The van der Waals surface area contributed by atoms with Crippen LogP contribution in [0.3, 0.4) is 0 Å². The van der Waals surface area contributed by atoms with Gasteiger partial charge in [0.2, 0.25) is 0 Å². The first-order valence-electron chi connectivity index (χ1n) is 6.53. The summed E-state index contributed by atoms with van der Waals surface area (Å²) in [4.78, 5) is 14.0. The second-order valence-electron chi connectivity index (χ2n) is 5.31. The molecule has 1 aromatic rings. The maximum Gasteiger partial charge on any atom is 0.136 e. The third kappa shape index (κ3) is 2.04. The number of rotatable bonds is 2. The Morgan fingerprint density at radius 2 is 1.78 bits per heavy atom. The second-order valence-corrected chi connectivity index (χ2v) is 5.31. The standard InChI is InChI=1S/C15H16N2O/c16-9-11-1-3-12(4-2-11)10-17-13-5-6-14(17)8-15(18)7-13/h1-4,13-14H,5-8,10H2. The van der Waals surface area contributed by atoms with E-state index in [-0.39, 0.29) is 0 Å². The summed E-state index contributed by atoms with van der Waals surface area (Å²) in [7, 11) is 0. The highest BCUT2D eigenvalue weighted by Gasteiger charge is 2.39. The van der Waals surface area contributed by atoms with E-state index >= 15 is 0 Å². The zero-order valence-electron chi connectivity index (χ0n) is 10.3. The summed E-state index contributed by atoms with van der Waals surface area (Å²) in [5, 5.41) is 8.78. The fourth-order valence-corrected chi connectivity index (χ4v) is 3.22. The van der Waals surface area contributed by atoms with E-state index in [1.54, 1.807) is 0 Å². The van der Waals surface area contributed by atoms with Gasteiger partial charge in [0.15, 0.2) is 0 Å². The van der Waals surface area contributed by atoms with Crippen LogP contribution in [-0.2, 0) is 11.3 Å². The number of nitriles is 1. The first kappa shape index (κ1) is 11.4. The third-order valence-electron chi connectivity index (χ3n) is 4.15. The number of benzene rings is 1. The molecule has 2 heterocycles. The lowest BCUT2D eigenvalue weighted by Crippen LogP contribution is -2.42. The zero-order chi connectivity index (χ0) is 12.5. The molecule has 2 fully saturated rings. The lowest BCUT2D eigenvalue weighted by Gasteiger charge is -2.33. The molecular formula is C15H16N2O. The van der Waals surface area contributed by atoms with Gasteiger partial charge in [0.1, 0.15) is 5.78 Å². The Morgan fingerprint density at radius 1 is 1.17 bits per heavy atom. The maximum absolute atomic E-state index is 11.5. The van der Waals surface area contributed by atoms with Gasteiger partial charge >= 0.3 is 0 Å². The van der Waals surface area contributed by atoms with E-state index in [1.807, 2.05) is 24.3 Å². The number of hydrogen-bond acceptors (Lipinski definition) is 3.